The molecule has 0 saturated carbocycles. The first-order valence-electron chi connectivity index (χ1n) is 11.1. The molecule has 1 aromatic carbocycles. The minimum atomic E-state index is -4.85. The number of amides is 2. The molecule has 37 heavy (non-hydrogen) atoms. The molecule has 0 aliphatic rings. The van der Waals surface area contributed by atoms with E-state index >= 15 is 0 Å². The van der Waals surface area contributed by atoms with Gasteiger partial charge in [-0.05, 0) is 51.5 Å². The molecule has 0 aliphatic carbocycles. The van der Waals surface area contributed by atoms with Crippen molar-refractivity contribution >= 4 is 34.8 Å². The maximum atomic E-state index is 13.5. The molecular weight excluding hydrogens is 513 g/mol. The number of nitrogens with one attached hydrogen (secondary N) is 1. The van der Waals surface area contributed by atoms with E-state index in [1.165, 1.54) is 29.3 Å². The molecule has 13 heteroatoms. The number of benzene rings is 1. The lowest BCUT2D eigenvalue weighted by Gasteiger charge is -2.21. The fourth-order valence-electron chi connectivity index (χ4n) is 3.75. The summed E-state index contributed by atoms with van der Waals surface area (Å²) in [5, 5.41) is 19.0. The predicted octanol–water partition coefficient (Wildman–Crippen LogP) is 4.86. The first kappa shape index (κ1) is 27.7. The highest BCUT2D eigenvalue weighted by Crippen LogP contribution is 2.31. The van der Waals surface area contributed by atoms with Crippen LogP contribution in [0, 0.1) is 13.8 Å². The highest BCUT2D eigenvalue weighted by molar-refractivity contribution is 6.46. The van der Waals surface area contributed by atoms with Crippen molar-refractivity contribution in [3.8, 4) is 5.82 Å². The SMILES string of the molecule is CCN(CC)C(=O)C(=NO)c1cc(C)cc(C)c1NC(=O)c1cc(C(F)(F)F)nn1-c1ncccc1Cl. The van der Waals surface area contributed by atoms with Gasteiger partial charge in [0.25, 0.3) is 11.8 Å². The number of pyridine rings is 1. The number of hydrogen-bond donors (Lipinski definition) is 2. The molecule has 0 spiro atoms. The van der Waals surface area contributed by atoms with Gasteiger partial charge in [0.05, 0.1) is 10.7 Å². The summed E-state index contributed by atoms with van der Waals surface area (Å²) in [5.74, 6) is -1.75. The summed E-state index contributed by atoms with van der Waals surface area (Å²) < 4.78 is 41.2. The number of rotatable bonds is 7. The topological polar surface area (TPSA) is 113 Å². The van der Waals surface area contributed by atoms with Gasteiger partial charge < -0.3 is 15.4 Å². The standard InChI is InChI=1S/C24H24ClF3N6O3/c1-5-33(6-2)23(36)20(32-37)15-11-13(3)10-14(4)19(15)30-22(35)17-12-18(24(26,27)28)31-34(17)21-16(25)8-7-9-29-21/h7-12,37H,5-6H2,1-4H3,(H,30,35). The van der Waals surface area contributed by atoms with E-state index in [-0.39, 0.29) is 27.8 Å². The molecule has 0 saturated heterocycles. The monoisotopic (exact) mass is 536 g/mol. The van der Waals surface area contributed by atoms with Gasteiger partial charge in [0.2, 0.25) is 0 Å². The molecule has 0 aliphatic heterocycles. The first-order valence-corrected chi connectivity index (χ1v) is 11.5. The van der Waals surface area contributed by atoms with Crippen LogP contribution in [0.1, 0.15) is 46.7 Å². The highest BCUT2D eigenvalue weighted by Gasteiger charge is 2.37. The van der Waals surface area contributed by atoms with E-state index in [0.717, 1.165) is 0 Å². The molecule has 2 amide bonds. The lowest BCUT2D eigenvalue weighted by molar-refractivity contribution is -0.141. The van der Waals surface area contributed by atoms with Gasteiger partial charge >= 0.3 is 6.18 Å². The Labute approximate surface area is 215 Å². The van der Waals surface area contributed by atoms with Crippen LogP contribution in [0.5, 0.6) is 0 Å². The van der Waals surface area contributed by atoms with Crippen molar-refractivity contribution in [2.75, 3.05) is 18.4 Å². The van der Waals surface area contributed by atoms with Gasteiger partial charge in [-0.2, -0.15) is 18.3 Å². The quantitative estimate of drug-likeness (QED) is 0.254. The van der Waals surface area contributed by atoms with Crippen molar-refractivity contribution in [3.05, 3.63) is 69.6 Å². The van der Waals surface area contributed by atoms with Gasteiger partial charge in [-0.1, -0.05) is 28.4 Å². The van der Waals surface area contributed by atoms with Crippen molar-refractivity contribution < 1.29 is 28.0 Å². The number of aromatic nitrogens is 3. The summed E-state index contributed by atoms with van der Waals surface area (Å²) in [6.45, 7) is 7.56. The Morgan fingerprint density at radius 1 is 1.19 bits per heavy atom. The van der Waals surface area contributed by atoms with Crippen molar-refractivity contribution in [2.45, 2.75) is 33.9 Å². The van der Waals surface area contributed by atoms with Crippen LogP contribution in [0.3, 0.4) is 0 Å². The molecule has 0 bridgehead atoms. The van der Waals surface area contributed by atoms with Crippen LogP contribution >= 0.6 is 11.6 Å². The molecule has 3 aromatic rings. The molecule has 196 valence electrons. The molecule has 0 radical (unpaired) electrons. The van der Waals surface area contributed by atoms with Gasteiger partial charge in [-0.15, -0.1) is 0 Å². The van der Waals surface area contributed by atoms with Crippen LogP contribution in [0.2, 0.25) is 5.02 Å². The Bertz CT molecular complexity index is 1370. The predicted molar refractivity (Wildman–Crippen MR) is 131 cm³/mol. The fourth-order valence-corrected chi connectivity index (χ4v) is 3.95. The zero-order valence-corrected chi connectivity index (χ0v) is 21.1. The normalized spacial score (nSPS) is 11.9. The van der Waals surface area contributed by atoms with Gasteiger partial charge in [0, 0.05) is 30.9 Å². The average Bonchev–Trinajstić information content (AvgIpc) is 3.29. The van der Waals surface area contributed by atoms with E-state index < -0.39 is 29.4 Å². The summed E-state index contributed by atoms with van der Waals surface area (Å²) in [6, 6.07) is 6.68. The number of aryl methyl sites for hydroxylation is 2. The number of oxime groups is 1. The zero-order chi connectivity index (χ0) is 27.5. The van der Waals surface area contributed by atoms with Crippen molar-refractivity contribution in [2.24, 2.45) is 5.16 Å². The largest absolute Gasteiger partial charge is 0.435 e. The van der Waals surface area contributed by atoms with E-state index in [9.17, 15) is 28.0 Å². The summed E-state index contributed by atoms with van der Waals surface area (Å²) in [5.41, 5.74) is -0.798. The third-order valence-electron chi connectivity index (χ3n) is 5.50. The lowest BCUT2D eigenvalue weighted by atomic mass is 9.99. The Morgan fingerprint density at radius 3 is 2.43 bits per heavy atom. The average molecular weight is 537 g/mol. The second-order valence-corrected chi connectivity index (χ2v) is 8.42. The lowest BCUT2D eigenvalue weighted by Crippen LogP contribution is -2.37. The maximum absolute atomic E-state index is 13.5. The maximum Gasteiger partial charge on any atom is 0.435 e. The first-order chi connectivity index (χ1) is 17.4. The minimum Gasteiger partial charge on any atom is -0.410 e. The van der Waals surface area contributed by atoms with Crippen LogP contribution in [0.4, 0.5) is 18.9 Å². The number of carbonyl (C=O) groups excluding carboxylic acids is 2. The molecule has 0 atom stereocenters. The van der Waals surface area contributed by atoms with Crippen molar-refractivity contribution in [3.63, 3.8) is 0 Å². The highest BCUT2D eigenvalue weighted by atomic mass is 35.5. The Balaban J connectivity index is 2.14. The summed E-state index contributed by atoms with van der Waals surface area (Å²) in [4.78, 5) is 31.8. The third-order valence-corrected chi connectivity index (χ3v) is 5.79. The van der Waals surface area contributed by atoms with E-state index in [1.54, 1.807) is 33.8 Å². The Hall–Kier alpha value is -3.93. The van der Waals surface area contributed by atoms with E-state index in [0.29, 0.717) is 35.0 Å². The summed E-state index contributed by atoms with van der Waals surface area (Å²) in [7, 11) is 0. The number of carbonyl (C=O) groups is 2. The Morgan fingerprint density at radius 2 is 1.86 bits per heavy atom. The van der Waals surface area contributed by atoms with Crippen LogP contribution < -0.4 is 5.32 Å². The molecule has 0 unspecified atom stereocenters. The van der Waals surface area contributed by atoms with Gasteiger partial charge in [0.15, 0.2) is 17.2 Å². The number of alkyl halides is 3. The molecule has 3 rings (SSSR count). The van der Waals surface area contributed by atoms with Crippen molar-refractivity contribution in [1.29, 1.82) is 0 Å². The van der Waals surface area contributed by atoms with E-state index in [4.69, 9.17) is 11.6 Å². The Kier molecular flexibility index (Phi) is 8.22. The van der Waals surface area contributed by atoms with Crippen LogP contribution in [0.25, 0.3) is 5.82 Å². The van der Waals surface area contributed by atoms with Crippen LogP contribution in [-0.4, -0.2) is 55.5 Å². The van der Waals surface area contributed by atoms with E-state index in [2.05, 4.69) is 20.6 Å². The number of hydrogen-bond acceptors (Lipinski definition) is 6. The van der Waals surface area contributed by atoms with Crippen molar-refractivity contribution in [1.82, 2.24) is 19.7 Å². The van der Waals surface area contributed by atoms with Crippen LogP contribution in [0.15, 0.2) is 41.7 Å². The molecule has 2 N–H and O–H groups in total. The molecule has 2 heterocycles. The number of nitrogens with zero attached hydrogens (tertiary/aromatic N) is 5. The number of likely N-dealkylation sites (N-methyl/N-ethyl adjacent to an activating group) is 1. The minimum absolute atomic E-state index is 0.0277. The second kappa shape index (κ2) is 11.0. The molecular formula is C24H24ClF3N6O3. The van der Waals surface area contributed by atoms with Gasteiger partial charge in [-0.25, -0.2) is 9.67 Å². The summed E-state index contributed by atoms with van der Waals surface area (Å²) in [6.07, 6.45) is -3.55. The van der Waals surface area contributed by atoms with Gasteiger partial charge in [0.1, 0.15) is 5.69 Å². The number of anilines is 1. The number of halogens is 4. The second-order valence-electron chi connectivity index (χ2n) is 8.02. The van der Waals surface area contributed by atoms with Gasteiger partial charge in [-0.3, -0.25) is 9.59 Å². The van der Waals surface area contributed by atoms with E-state index in [1.807, 2.05) is 0 Å². The molecule has 0 fully saturated rings. The zero-order valence-electron chi connectivity index (χ0n) is 20.4. The smallest absolute Gasteiger partial charge is 0.410 e. The molecule has 9 nitrogen and oxygen atoms in total. The third kappa shape index (κ3) is 5.74. The fraction of sp³-hybridized carbons (Fsp3) is 0.292. The summed E-state index contributed by atoms with van der Waals surface area (Å²) >= 11 is 6.12. The van der Waals surface area contributed by atoms with Crippen LogP contribution in [-0.2, 0) is 11.0 Å². The molecule has 2 aromatic heterocycles.